The topological polar surface area (TPSA) is 66.6 Å². The van der Waals surface area contributed by atoms with Crippen molar-refractivity contribution >= 4 is 5.91 Å². The maximum absolute atomic E-state index is 11.1. The molecule has 0 aromatic rings. The fraction of sp³-hybridized carbons (Fsp3) is 0.857. The molecule has 1 rings (SSSR count). The quantitative estimate of drug-likeness (QED) is 0.529. The molecule has 4 nitrogen and oxygen atoms in total. The van der Waals surface area contributed by atoms with Crippen LogP contribution >= 0.6 is 0 Å². The van der Waals surface area contributed by atoms with Crippen molar-refractivity contribution < 1.29 is 9.90 Å². The van der Waals surface area contributed by atoms with E-state index >= 15 is 0 Å². The van der Waals surface area contributed by atoms with Crippen LogP contribution in [0.2, 0.25) is 0 Å². The van der Waals surface area contributed by atoms with Crippen LogP contribution in [0.25, 0.3) is 0 Å². The maximum Gasteiger partial charge on any atom is 0.239 e. The van der Waals surface area contributed by atoms with Crippen molar-refractivity contribution in [3.63, 3.8) is 0 Å². The van der Waals surface area contributed by atoms with Gasteiger partial charge >= 0.3 is 0 Å². The first-order valence-corrected chi connectivity index (χ1v) is 3.80. The molecule has 0 aliphatic carbocycles. The molecular weight excluding hydrogens is 144 g/mol. The average Bonchev–Trinajstić information content (AvgIpc) is 1.85. The summed E-state index contributed by atoms with van der Waals surface area (Å²) in [6.45, 7) is 3.17. The fourth-order valence-electron chi connectivity index (χ4n) is 1.15. The van der Waals surface area contributed by atoms with Gasteiger partial charge in [0.25, 0.3) is 0 Å². The molecule has 0 unspecified atom stereocenters. The van der Waals surface area contributed by atoms with Gasteiger partial charge in [-0.1, -0.05) is 0 Å². The van der Waals surface area contributed by atoms with E-state index in [0.717, 1.165) is 0 Å². The van der Waals surface area contributed by atoms with Crippen molar-refractivity contribution in [3.8, 4) is 0 Å². The predicted octanol–water partition coefficient (Wildman–Crippen LogP) is -1.22. The number of hydrogen-bond acceptors (Lipinski definition) is 3. The van der Waals surface area contributed by atoms with Crippen LogP contribution in [0, 0.1) is 5.92 Å². The summed E-state index contributed by atoms with van der Waals surface area (Å²) in [4.78, 5) is 12.8. The molecule has 0 radical (unpaired) electrons. The third-order valence-electron chi connectivity index (χ3n) is 1.92. The van der Waals surface area contributed by atoms with E-state index in [0.29, 0.717) is 13.1 Å². The lowest BCUT2D eigenvalue weighted by Crippen LogP contribution is -2.55. The number of aliphatic hydroxyl groups is 1. The fourth-order valence-corrected chi connectivity index (χ4v) is 1.15. The van der Waals surface area contributed by atoms with Gasteiger partial charge in [0.2, 0.25) is 5.91 Å². The van der Waals surface area contributed by atoms with E-state index < -0.39 is 6.04 Å². The van der Waals surface area contributed by atoms with Gasteiger partial charge < -0.3 is 15.7 Å². The largest absolute Gasteiger partial charge is 0.396 e. The Bertz CT molecular complexity index is 153. The van der Waals surface area contributed by atoms with Crippen LogP contribution in [0.5, 0.6) is 0 Å². The van der Waals surface area contributed by atoms with Gasteiger partial charge in [-0.05, 0) is 6.92 Å². The van der Waals surface area contributed by atoms with Gasteiger partial charge in [0.05, 0.1) is 6.04 Å². The van der Waals surface area contributed by atoms with Gasteiger partial charge in [0, 0.05) is 25.6 Å². The SMILES string of the molecule is C[C@@H](N)C(=O)N1CC(CO)C1. The molecule has 4 heteroatoms. The minimum atomic E-state index is -0.408. The minimum Gasteiger partial charge on any atom is -0.396 e. The summed E-state index contributed by atoms with van der Waals surface area (Å²) in [6.07, 6.45) is 0. The third-order valence-corrected chi connectivity index (χ3v) is 1.92. The Kier molecular flexibility index (Phi) is 2.46. The molecule has 0 aromatic heterocycles. The molecule has 64 valence electrons. The monoisotopic (exact) mass is 158 g/mol. The molecule has 1 atom stereocenters. The molecule has 1 aliphatic rings. The maximum atomic E-state index is 11.1. The van der Waals surface area contributed by atoms with E-state index in [4.69, 9.17) is 10.8 Å². The van der Waals surface area contributed by atoms with Gasteiger partial charge in [0.15, 0.2) is 0 Å². The summed E-state index contributed by atoms with van der Waals surface area (Å²) < 4.78 is 0. The van der Waals surface area contributed by atoms with E-state index in [1.54, 1.807) is 11.8 Å². The Morgan fingerprint density at radius 1 is 1.82 bits per heavy atom. The first kappa shape index (κ1) is 8.49. The molecule has 0 aromatic carbocycles. The lowest BCUT2D eigenvalue weighted by molar-refractivity contribution is -0.139. The third kappa shape index (κ3) is 1.70. The number of rotatable bonds is 2. The summed E-state index contributed by atoms with van der Waals surface area (Å²) in [6, 6.07) is -0.408. The molecule has 1 saturated heterocycles. The second kappa shape index (κ2) is 3.19. The van der Waals surface area contributed by atoms with Crippen molar-refractivity contribution in [2.45, 2.75) is 13.0 Å². The van der Waals surface area contributed by atoms with Crippen LogP contribution < -0.4 is 5.73 Å². The molecule has 0 saturated carbocycles. The van der Waals surface area contributed by atoms with E-state index in [1.165, 1.54) is 0 Å². The molecule has 0 bridgehead atoms. The van der Waals surface area contributed by atoms with E-state index in [2.05, 4.69) is 0 Å². The lowest BCUT2D eigenvalue weighted by atomic mass is 10.0. The second-order valence-corrected chi connectivity index (χ2v) is 3.08. The first-order valence-electron chi connectivity index (χ1n) is 3.80. The second-order valence-electron chi connectivity index (χ2n) is 3.08. The Hall–Kier alpha value is -0.610. The zero-order valence-electron chi connectivity index (χ0n) is 6.66. The van der Waals surface area contributed by atoms with Crippen LogP contribution in [-0.2, 0) is 4.79 Å². The van der Waals surface area contributed by atoms with Gasteiger partial charge in [-0.15, -0.1) is 0 Å². The van der Waals surface area contributed by atoms with Crippen LogP contribution in [0.15, 0.2) is 0 Å². The molecule has 1 heterocycles. The Morgan fingerprint density at radius 3 is 2.73 bits per heavy atom. The molecule has 1 amide bonds. The highest BCUT2D eigenvalue weighted by molar-refractivity contribution is 5.81. The van der Waals surface area contributed by atoms with E-state index in [9.17, 15) is 4.79 Å². The van der Waals surface area contributed by atoms with Gasteiger partial charge in [-0.3, -0.25) is 4.79 Å². The van der Waals surface area contributed by atoms with Crippen molar-refractivity contribution in [2.75, 3.05) is 19.7 Å². The molecule has 1 aliphatic heterocycles. The number of carbonyl (C=O) groups excluding carboxylic acids is 1. The molecule has 0 spiro atoms. The standard InChI is InChI=1S/C7H14N2O2/c1-5(8)7(11)9-2-6(3-9)4-10/h5-6,10H,2-4,8H2,1H3/t5-/m1/s1. The summed E-state index contributed by atoms with van der Waals surface area (Å²) in [5, 5.41) is 8.65. The highest BCUT2D eigenvalue weighted by Gasteiger charge is 2.30. The zero-order valence-corrected chi connectivity index (χ0v) is 6.66. The highest BCUT2D eigenvalue weighted by atomic mass is 16.3. The van der Waals surface area contributed by atoms with Gasteiger partial charge in [-0.2, -0.15) is 0 Å². The molecule has 1 fully saturated rings. The number of nitrogens with zero attached hydrogens (tertiary/aromatic N) is 1. The Balaban J connectivity index is 2.27. The van der Waals surface area contributed by atoms with Gasteiger partial charge in [0.1, 0.15) is 0 Å². The summed E-state index contributed by atoms with van der Waals surface area (Å²) in [5.74, 6) is 0.257. The Morgan fingerprint density at radius 2 is 2.36 bits per heavy atom. The number of aliphatic hydroxyl groups excluding tert-OH is 1. The van der Waals surface area contributed by atoms with Crippen LogP contribution in [0.3, 0.4) is 0 Å². The zero-order chi connectivity index (χ0) is 8.43. The number of hydrogen-bond donors (Lipinski definition) is 2. The average molecular weight is 158 g/mol. The first-order chi connectivity index (χ1) is 5.15. The summed E-state index contributed by atoms with van der Waals surface area (Å²) in [7, 11) is 0. The smallest absolute Gasteiger partial charge is 0.239 e. The normalized spacial score (nSPS) is 21.2. The van der Waals surface area contributed by atoms with Crippen LogP contribution in [0.4, 0.5) is 0 Å². The number of carbonyl (C=O) groups is 1. The highest BCUT2D eigenvalue weighted by Crippen LogP contribution is 2.14. The Labute approximate surface area is 66.0 Å². The molecule has 11 heavy (non-hydrogen) atoms. The number of amides is 1. The summed E-state index contributed by atoms with van der Waals surface area (Å²) >= 11 is 0. The number of likely N-dealkylation sites (tertiary alicyclic amines) is 1. The van der Waals surface area contributed by atoms with Crippen LogP contribution in [-0.4, -0.2) is 41.7 Å². The van der Waals surface area contributed by atoms with Crippen molar-refractivity contribution in [3.05, 3.63) is 0 Å². The van der Waals surface area contributed by atoms with E-state index in [-0.39, 0.29) is 18.4 Å². The minimum absolute atomic E-state index is 0.0188. The molecule has 3 N–H and O–H groups in total. The van der Waals surface area contributed by atoms with Crippen molar-refractivity contribution in [1.82, 2.24) is 4.90 Å². The van der Waals surface area contributed by atoms with Gasteiger partial charge in [-0.25, -0.2) is 0 Å². The lowest BCUT2D eigenvalue weighted by Gasteiger charge is -2.39. The van der Waals surface area contributed by atoms with Crippen LogP contribution in [0.1, 0.15) is 6.92 Å². The number of nitrogens with two attached hydrogens (primary N) is 1. The van der Waals surface area contributed by atoms with E-state index in [1.807, 2.05) is 0 Å². The molecular formula is C7H14N2O2. The van der Waals surface area contributed by atoms with Crippen molar-refractivity contribution in [1.29, 1.82) is 0 Å². The summed E-state index contributed by atoms with van der Waals surface area (Å²) in [5.41, 5.74) is 5.38. The predicted molar refractivity (Wildman–Crippen MR) is 40.8 cm³/mol. The van der Waals surface area contributed by atoms with Crippen molar-refractivity contribution in [2.24, 2.45) is 11.7 Å².